The average molecular weight is 279 g/mol. The molecule has 1 nitrogen and oxygen atoms in total. The molecule has 0 aromatic heterocycles. The lowest BCUT2D eigenvalue weighted by molar-refractivity contribution is 1.58. The molecule has 0 saturated heterocycles. The Morgan fingerprint density at radius 3 is 1.00 bits per heavy atom. The van der Waals surface area contributed by atoms with E-state index in [1.54, 1.807) is 0 Å². The van der Waals surface area contributed by atoms with E-state index in [0.717, 1.165) is 0 Å². The van der Waals surface area contributed by atoms with E-state index in [4.69, 9.17) is 5.26 Å². The summed E-state index contributed by atoms with van der Waals surface area (Å²) >= 11 is 0. The Balaban J connectivity index is 0.000000602. The zero-order chi connectivity index (χ0) is 15.1. The normalized spacial score (nSPS) is 11.0. The Bertz CT molecular complexity index is 966. The summed E-state index contributed by atoms with van der Waals surface area (Å²) in [6.07, 6.45) is 0. The molecule has 0 aliphatic heterocycles. The van der Waals surface area contributed by atoms with E-state index < -0.39 is 0 Å². The molecule has 0 bridgehead atoms. The Kier molecular flexibility index (Phi) is 2.71. The summed E-state index contributed by atoms with van der Waals surface area (Å²) in [5, 5.41) is 17.4. The van der Waals surface area contributed by atoms with E-state index in [9.17, 15) is 0 Å². The van der Waals surface area contributed by atoms with Gasteiger partial charge in [-0.2, -0.15) is 0 Å². The third-order valence-corrected chi connectivity index (χ3v) is 4.39. The second-order valence-electron chi connectivity index (χ2n) is 5.42. The first-order valence-electron chi connectivity index (χ1n) is 7.23. The van der Waals surface area contributed by atoms with E-state index in [2.05, 4.69) is 79.4 Å². The maximum Gasteiger partial charge on any atom is 0.0462 e. The van der Waals surface area contributed by atoms with Crippen LogP contribution in [0.15, 0.2) is 72.8 Å². The van der Waals surface area contributed by atoms with Gasteiger partial charge in [0, 0.05) is 6.57 Å². The van der Waals surface area contributed by atoms with Crippen LogP contribution in [-0.4, -0.2) is 0 Å². The number of nitriles is 1. The molecular weight excluding hydrogens is 266 g/mol. The summed E-state index contributed by atoms with van der Waals surface area (Å²) in [4.78, 5) is 0. The van der Waals surface area contributed by atoms with Crippen LogP contribution in [0.2, 0.25) is 0 Å². The van der Waals surface area contributed by atoms with Gasteiger partial charge in [-0.05, 0) is 43.1 Å². The minimum Gasteiger partial charge on any atom is -0.202 e. The van der Waals surface area contributed by atoms with Gasteiger partial charge in [-0.15, -0.1) is 0 Å². The molecule has 5 aromatic rings. The van der Waals surface area contributed by atoms with Crippen LogP contribution in [0.4, 0.5) is 0 Å². The highest BCUT2D eigenvalue weighted by molar-refractivity contribution is 6.32. The Labute approximate surface area is 128 Å². The largest absolute Gasteiger partial charge is 0.202 e. The highest BCUT2D eigenvalue weighted by Gasteiger charge is 2.11. The van der Waals surface area contributed by atoms with Crippen LogP contribution in [0.3, 0.4) is 0 Å². The molecule has 0 fully saturated rings. The van der Waals surface area contributed by atoms with Crippen molar-refractivity contribution in [3.8, 4) is 6.57 Å². The minimum atomic E-state index is 1.33. The van der Waals surface area contributed by atoms with Crippen LogP contribution < -0.4 is 0 Å². The SMILES string of the molecule is C#N.c1cc2cccc3c4cccc5cccc(c(c1)c23)c54. The summed E-state index contributed by atoms with van der Waals surface area (Å²) in [7, 11) is 0. The summed E-state index contributed by atoms with van der Waals surface area (Å²) in [6.45, 7) is 3.50. The van der Waals surface area contributed by atoms with Crippen LogP contribution in [-0.2, 0) is 0 Å². The van der Waals surface area contributed by atoms with E-state index >= 15 is 0 Å². The average Bonchev–Trinajstić information content (AvgIpc) is 2.61. The van der Waals surface area contributed by atoms with Gasteiger partial charge in [0.2, 0.25) is 0 Å². The van der Waals surface area contributed by atoms with Gasteiger partial charge in [-0.25, -0.2) is 5.26 Å². The third-order valence-electron chi connectivity index (χ3n) is 4.39. The number of nitrogens with zero attached hydrogens (tertiary/aromatic N) is 1. The maximum atomic E-state index is 6.50. The van der Waals surface area contributed by atoms with Gasteiger partial charge in [-0.1, -0.05) is 72.8 Å². The standard InChI is InChI=1S/C20H12.CHN/c1-5-13-6-2-11-17-18-12-4-8-14-7-3-10-16(20(14)18)15(9-1)19(13)17;1-2/h1-12H;1H. The first-order valence-corrected chi connectivity index (χ1v) is 7.23. The van der Waals surface area contributed by atoms with Crippen LogP contribution >= 0.6 is 0 Å². The number of benzene rings is 5. The molecule has 0 atom stereocenters. The van der Waals surface area contributed by atoms with E-state index in [1.165, 1.54) is 43.1 Å². The van der Waals surface area contributed by atoms with Gasteiger partial charge >= 0.3 is 0 Å². The van der Waals surface area contributed by atoms with Crippen molar-refractivity contribution < 1.29 is 0 Å². The predicted octanol–water partition coefficient (Wildman–Crippen LogP) is 5.88. The summed E-state index contributed by atoms with van der Waals surface area (Å²) in [6, 6.07) is 26.4. The Morgan fingerprint density at radius 2 is 0.727 bits per heavy atom. The molecule has 0 amide bonds. The van der Waals surface area contributed by atoms with Crippen molar-refractivity contribution in [2.75, 3.05) is 0 Å². The fourth-order valence-corrected chi connectivity index (χ4v) is 3.58. The minimum absolute atomic E-state index is 1.33. The van der Waals surface area contributed by atoms with Crippen molar-refractivity contribution in [3.63, 3.8) is 0 Å². The van der Waals surface area contributed by atoms with E-state index in [1.807, 2.05) is 0 Å². The van der Waals surface area contributed by atoms with Crippen molar-refractivity contribution in [1.82, 2.24) is 0 Å². The lowest BCUT2D eigenvalue weighted by Crippen LogP contribution is -1.85. The fourth-order valence-electron chi connectivity index (χ4n) is 3.58. The van der Waals surface area contributed by atoms with Crippen LogP contribution in [0, 0.1) is 11.8 Å². The van der Waals surface area contributed by atoms with Crippen molar-refractivity contribution in [1.29, 1.82) is 5.26 Å². The highest BCUT2D eigenvalue weighted by Crippen LogP contribution is 2.39. The molecule has 5 aromatic carbocycles. The van der Waals surface area contributed by atoms with E-state index in [0.29, 0.717) is 0 Å². The summed E-state index contributed by atoms with van der Waals surface area (Å²) in [5.41, 5.74) is 0. The van der Waals surface area contributed by atoms with Crippen LogP contribution in [0.25, 0.3) is 43.1 Å². The fraction of sp³-hybridized carbons (Fsp3) is 0. The molecule has 102 valence electrons. The summed E-state index contributed by atoms with van der Waals surface area (Å²) < 4.78 is 0. The second kappa shape index (κ2) is 4.72. The monoisotopic (exact) mass is 279 g/mol. The molecule has 5 rings (SSSR count). The molecule has 0 saturated carbocycles. The van der Waals surface area contributed by atoms with Gasteiger partial charge in [0.1, 0.15) is 0 Å². The number of fused-ring (bicyclic) bond motifs is 2. The van der Waals surface area contributed by atoms with Gasteiger partial charge in [0.25, 0.3) is 0 Å². The molecule has 0 aliphatic carbocycles. The molecule has 0 aliphatic rings. The number of rotatable bonds is 0. The molecule has 0 unspecified atom stereocenters. The van der Waals surface area contributed by atoms with Gasteiger partial charge in [0.15, 0.2) is 0 Å². The second-order valence-corrected chi connectivity index (χ2v) is 5.42. The Hall–Kier alpha value is -3.11. The predicted molar refractivity (Wildman–Crippen MR) is 94.3 cm³/mol. The highest BCUT2D eigenvalue weighted by atomic mass is 14.2. The maximum absolute atomic E-state index is 6.50. The summed E-state index contributed by atoms with van der Waals surface area (Å²) in [5.74, 6) is 0. The number of hydrogen-bond acceptors (Lipinski definition) is 1. The molecule has 0 spiro atoms. The molecule has 1 heteroatoms. The van der Waals surface area contributed by atoms with Gasteiger partial charge in [0.05, 0.1) is 0 Å². The first kappa shape index (κ1) is 12.6. The Morgan fingerprint density at radius 1 is 0.455 bits per heavy atom. The lowest BCUT2D eigenvalue weighted by atomic mass is 9.90. The molecule has 0 N–H and O–H groups in total. The van der Waals surface area contributed by atoms with E-state index in [-0.39, 0.29) is 0 Å². The molecular formula is C21H13N. The van der Waals surface area contributed by atoms with Gasteiger partial charge < -0.3 is 0 Å². The third kappa shape index (κ3) is 1.52. The van der Waals surface area contributed by atoms with Crippen LogP contribution in [0.1, 0.15) is 0 Å². The quantitative estimate of drug-likeness (QED) is 0.256. The smallest absolute Gasteiger partial charge is 0.0462 e. The van der Waals surface area contributed by atoms with Crippen LogP contribution in [0.5, 0.6) is 0 Å². The molecule has 0 radical (unpaired) electrons. The van der Waals surface area contributed by atoms with Gasteiger partial charge in [-0.3, -0.25) is 0 Å². The van der Waals surface area contributed by atoms with Crippen molar-refractivity contribution in [2.45, 2.75) is 0 Å². The first-order chi connectivity index (χ1) is 10.9. The molecule has 0 heterocycles. The zero-order valence-corrected chi connectivity index (χ0v) is 12.0. The zero-order valence-electron chi connectivity index (χ0n) is 12.0. The lowest BCUT2D eigenvalue weighted by Gasteiger charge is -2.13. The molecule has 22 heavy (non-hydrogen) atoms. The van der Waals surface area contributed by atoms with Crippen molar-refractivity contribution in [3.05, 3.63) is 72.8 Å². The van der Waals surface area contributed by atoms with Crippen molar-refractivity contribution >= 4 is 43.1 Å². The number of hydrogen-bond donors (Lipinski definition) is 0. The topological polar surface area (TPSA) is 23.8 Å². The van der Waals surface area contributed by atoms with Crippen molar-refractivity contribution in [2.24, 2.45) is 0 Å².